The molecule has 1 aromatic carbocycles. The van der Waals surface area contributed by atoms with Crippen LogP contribution in [-0.4, -0.2) is 9.78 Å². The fraction of sp³-hybridized carbons (Fsp3) is 0.400. The standard InChI is InChI=1S/C15H20ClN3/c1-2-10-19-15(13(16)11-18-19)14(17)9-8-12-6-4-3-5-7-12/h3-7,11,14H,2,8-10,17H2,1H3. The predicted octanol–water partition coefficient (Wildman–Crippen LogP) is 3.58. The number of hydrogen-bond acceptors (Lipinski definition) is 2. The van der Waals surface area contributed by atoms with E-state index in [-0.39, 0.29) is 6.04 Å². The molecule has 0 spiro atoms. The van der Waals surface area contributed by atoms with E-state index in [4.69, 9.17) is 17.3 Å². The van der Waals surface area contributed by atoms with E-state index in [1.165, 1.54) is 5.56 Å². The number of aromatic nitrogens is 2. The van der Waals surface area contributed by atoms with Crippen LogP contribution >= 0.6 is 11.6 Å². The second kappa shape index (κ2) is 6.73. The highest BCUT2D eigenvalue weighted by atomic mass is 35.5. The summed E-state index contributed by atoms with van der Waals surface area (Å²) in [5.41, 5.74) is 8.53. The largest absolute Gasteiger partial charge is 0.323 e. The quantitative estimate of drug-likeness (QED) is 0.877. The van der Waals surface area contributed by atoms with Crippen molar-refractivity contribution in [2.24, 2.45) is 5.73 Å². The van der Waals surface area contributed by atoms with Crippen LogP contribution in [-0.2, 0) is 13.0 Å². The number of nitrogens with two attached hydrogens (primary N) is 1. The van der Waals surface area contributed by atoms with Gasteiger partial charge in [0, 0.05) is 12.6 Å². The summed E-state index contributed by atoms with van der Waals surface area (Å²) in [6, 6.07) is 10.3. The number of nitrogens with zero attached hydrogens (tertiary/aromatic N) is 2. The first-order valence-electron chi connectivity index (χ1n) is 6.73. The monoisotopic (exact) mass is 277 g/mol. The Bertz CT molecular complexity index is 507. The molecule has 3 nitrogen and oxygen atoms in total. The highest BCUT2D eigenvalue weighted by Crippen LogP contribution is 2.24. The van der Waals surface area contributed by atoms with Crippen LogP contribution in [0, 0.1) is 0 Å². The van der Waals surface area contributed by atoms with Gasteiger partial charge in [-0.15, -0.1) is 0 Å². The van der Waals surface area contributed by atoms with Crippen molar-refractivity contribution in [2.75, 3.05) is 0 Å². The Morgan fingerprint density at radius 3 is 2.74 bits per heavy atom. The summed E-state index contributed by atoms with van der Waals surface area (Å²) < 4.78 is 1.93. The molecule has 2 rings (SSSR count). The first-order valence-corrected chi connectivity index (χ1v) is 7.11. The van der Waals surface area contributed by atoms with Gasteiger partial charge in [0.25, 0.3) is 0 Å². The third-order valence-electron chi connectivity index (χ3n) is 3.21. The van der Waals surface area contributed by atoms with Gasteiger partial charge < -0.3 is 5.73 Å². The number of halogens is 1. The summed E-state index contributed by atoms with van der Waals surface area (Å²) in [6.45, 7) is 2.98. The third kappa shape index (κ3) is 3.58. The van der Waals surface area contributed by atoms with E-state index in [1.54, 1.807) is 6.20 Å². The van der Waals surface area contributed by atoms with E-state index in [9.17, 15) is 0 Å². The third-order valence-corrected chi connectivity index (χ3v) is 3.50. The lowest BCUT2D eigenvalue weighted by atomic mass is 10.0. The van der Waals surface area contributed by atoms with Gasteiger partial charge in [0.15, 0.2) is 0 Å². The molecule has 0 bridgehead atoms. The Kier molecular flexibility index (Phi) is 5.00. The summed E-state index contributed by atoms with van der Waals surface area (Å²) in [5.74, 6) is 0. The average molecular weight is 278 g/mol. The minimum Gasteiger partial charge on any atom is -0.323 e. The molecule has 1 aromatic heterocycles. The molecule has 0 aliphatic rings. The molecule has 2 aromatic rings. The molecule has 19 heavy (non-hydrogen) atoms. The van der Waals surface area contributed by atoms with Crippen LogP contribution in [0.25, 0.3) is 0 Å². The molecule has 1 atom stereocenters. The van der Waals surface area contributed by atoms with E-state index in [2.05, 4.69) is 36.3 Å². The molecule has 2 N–H and O–H groups in total. The van der Waals surface area contributed by atoms with Crippen LogP contribution < -0.4 is 5.73 Å². The maximum absolute atomic E-state index is 6.27. The molecule has 0 aliphatic heterocycles. The second-order valence-corrected chi connectivity index (χ2v) is 5.14. The molecular weight excluding hydrogens is 258 g/mol. The maximum atomic E-state index is 6.27. The van der Waals surface area contributed by atoms with Gasteiger partial charge in [-0.1, -0.05) is 48.9 Å². The fourth-order valence-corrected chi connectivity index (χ4v) is 2.52. The normalized spacial score (nSPS) is 12.6. The Balaban J connectivity index is 2.03. The van der Waals surface area contributed by atoms with Gasteiger partial charge in [-0.25, -0.2) is 0 Å². The van der Waals surface area contributed by atoms with Crippen molar-refractivity contribution >= 4 is 11.6 Å². The van der Waals surface area contributed by atoms with Gasteiger partial charge in [0.1, 0.15) is 0 Å². The van der Waals surface area contributed by atoms with E-state index in [0.29, 0.717) is 5.02 Å². The lowest BCUT2D eigenvalue weighted by molar-refractivity contribution is 0.523. The molecule has 1 heterocycles. The van der Waals surface area contributed by atoms with E-state index in [0.717, 1.165) is 31.5 Å². The molecule has 0 aliphatic carbocycles. The maximum Gasteiger partial charge on any atom is 0.0834 e. The second-order valence-electron chi connectivity index (χ2n) is 4.73. The Hall–Kier alpha value is -1.32. The highest BCUT2D eigenvalue weighted by Gasteiger charge is 2.16. The van der Waals surface area contributed by atoms with E-state index in [1.807, 2.05) is 10.7 Å². The zero-order valence-corrected chi connectivity index (χ0v) is 12.0. The predicted molar refractivity (Wildman–Crippen MR) is 79.2 cm³/mol. The molecule has 0 fully saturated rings. The summed E-state index contributed by atoms with van der Waals surface area (Å²) in [6.07, 6.45) is 4.54. The molecule has 0 saturated heterocycles. The van der Waals surface area contributed by atoms with Gasteiger partial charge >= 0.3 is 0 Å². The lowest BCUT2D eigenvalue weighted by Crippen LogP contribution is -2.17. The van der Waals surface area contributed by atoms with Crippen molar-refractivity contribution in [2.45, 2.75) is 38.8 Å². The number of hydrogen-bond donors (Lipinski definition) is 1. The first-order chi connectivity index (χ1) is 9.22. The van der Waals surface area contributed by atoms with Crippen molar-refractivity contribution in [3.8, 4) is 0 Å². The zero-order valence-electron chi connectivity index (χ0n) is 11.2. The van der Waals surface area contributed by atoms with Crippen LogP contribution in [0.3, 0.4) is 0 Å². The van der Waals surface area contributed by atoms with Gasteiger partial charge in [-0.05, 0) is 24.8 Å². The summed E-state index contributed by atoms with van der Waals surface area (Å²) in [7, 11) is 0. The summed E-state index contributed by atoms with van der Waals surface area (Å²) in [5, 5.41) is 4.96. The molecule has 0 radical (unpaired) electrons. The number of aryl methyl sites for hydroxylation is 2. The van der Waals surface area contributed by atoms with Crippen LogP contribution in [0.5, 0.6) is 0 Å². The van der Waals surface area contributed by atoms with Gasteiger partial charge in [-0.2, -0.15) is 5.10 Å². The number of benzene rings is 1. The lowest BCUT2D eigenvalue weighted by Gasteiger charge is -2.14. The first kappa shape index (κ1) is 14.1. The Morgan fingerprint density at radius 1 is 1.32 bits per heavy atom. The van der Waals surface area contributed by atoms with Crippen LogP contribution in [0.2, 0.25) is 5.02 Å². The molecule has 0 saturated carbocycles. The van der Waals surface area contributed by atoms with Gasteiger partial charge in [-0.3, -0.25) is 4.68 Å². The van der Waals surface area contributed by atoms with Crippen LogP contribution in [0.4, 0.5) is 0 Å². The Morgan fingerprint density at radius 2 is 2.05 bits per heavy atom. The Labute approximate surface area is 119 Å². The molecule has 1 unspecified atom stereocenters. The molecular formula is C15H20ClN3. The van der Waals surface area contributed by atoms with Crippen molar-refractivity contribution in [1.82, 2.24) is 9.78 Å². The smallest absolute Gasteiger partial charge is 0.0834 e. The van der Waals surface area contributed by atoms with Crippen molar-refractivity contribution < 1.29 is 0 Å². The highest BCUT2D eigenvalue weighted by molar-refractivity contribution is 6.31. The van der Waals surface area contributed by atoms with Crippen molar-refractivity contribution in [1.29, 1.82) is 0 Å². The van der Waals surface area contributed by atoms with Gasteiger partial charge in [0.2, 0.25) is 0 Å². The van der Waals surface area contributed by atoms with E-state index >= 15 is 0 Å². The average Bonchev–Trinajstić information content (AvgIpc) is 2.79. The topological polar surface area (TPSA) is 43.8 Å². The molecule has 102 valence electrons. The molecule has 4 heteroatoms. The van der Waals surface area contributed by atoms with Crippen molar-refractivity contribution in [3.05, 3.63) is 52.8 Å². The molecule has 0 amide bonds. The van der Waals surface area contributed by atoms with Crippen LogP contribution in [0.1, 0.15) is 37.1 Å². The van der Waals surface area contributed by atoms with Gasteiger partial charge in [0.05, 0.1) is 16.9 Å². The fourth-order valence-electron chi connectivity index (χ4n) is 2.23. The van der Waals surface area contributed by atoms with Crippen molar-refractivity contribution in [3.63, 3.8) is 0 Å². The SMILES string of the molecule is CCCn1ncc(Cl)c1C(N)CCc1ccccc1. The zero-order chi connectivity index (χ0) is 13.7. The van der Waals surface area contributed by atoms with Crippen LogP contribution in [0.15, 0.2) is 36.5 Å². The minimum absolute atomic E-state index is 0.0678. The summed E-state index contributed by atoms with van der Waals surface area (Å²) in [4.78, 5) is 0. The minimum atomic E-state index is -0.0678. The number of rotatable bonds is 6. The summed E-state index contributed by atoms with van der Waals surface area (Å²) >= 11 is 6.19. The van der Waals surface area contributed by atoms with E-state index < -0.39 is 0 Å².